The molecule has 0 bridgehead atoms. The van der Waals surface area contributed by atoms with E-state index in [2.05, 4.69) is 56.9 Å². The third kappa shape index (κ3) is 2.63. The molecule has 0 saturated carbocycles. The normalized spacial score (nSPS) is 10.5. The zero-order chi connectivity index (χ0) is 9.90. The Morgan fingerprint density at radius 1 is 1.00 bits per heavy atom. The summed E-state index contributed by atoms with van der Waals surface area (Å²) in [5.74, 6) is 5.93. The molecule has 0 spiro atoms. The fourth-order valence-electron chi connectivity index (χ4n) is 1.20. The molecule has 0 atom stereocenters. The molecule has 0 aliphatic carbocycles. The van der Waals surface area contributed by atoms with Crippen molar-refractivity contribution in [1.29, 1.82) is 0 Å². The average molecular weight is 172 g/mol. The van der Waals surface area contributed by atoms with Gasteiger partial charge in [0.2, 0.25) is 0 Å². The summed E-state index contributed by atoms with van der Waals surface area (Å²) in [5.41, 5.74) is 2.68. The summed E-state index contributed by atoms with van der Waals surface area (Å²) in [7, 11) is 0. The van der Waals surface area contributed by atoms with Crippen molar-refractivity contribution >= 4 is 0 Å². The molecule has 0 aliphatic rings. The summed E-state index contributed by atoms with van der Waals surface area (Å²) >= 11 is 0. The Morgan fingerprint density at radius 3 is 1.92 bits per heavy atom. The van der Waals surface area contributed by atoms with Gasteiger partial charge in [-0.25, -0.2) is 0 Å². The van der Waals surface area contributed by atoms with Crippen LogP contribution in [0.5, 0.6) is 0 Å². The Morgan fingerprint density at radius 2 is 1.54 bits per heavy atom. The maximum atomic E-state index is 3.04. The molecule has 13 heavy (non-hydrogen) atoms. The zero-order valence-electron chi connectivity index (χ0n) is 8.81. The smallest absolute Gasteiger partial charge is 0.0245 e. The van der Waals surface area contributed by atoms with E-state index < -0.39 is 0 Å². The second-order valence-electron chi connectivity index (χ2n) is 4.20. The van der Waals surface area contributed by atoms with Crippen LogP contribution in [0.25, 0.3) is 0 Å². The molecule has 0 aliphatic heterocycles. The van der Waals surface area contributed by atoms with Crippen LogP contribution < -0.4 is 0 Å². The second-order valence-corrected chi connectivity index (χ2v) is 4.20. The van der Waals surface area contributed by atoms with E-state index in [-0.39, 0.29) is 5.41 Å². The van der Waals surface area contributed by atoms with Gasteiger partial charge in [-0.3, -0.25) is 0 Å². The summed E-state index contributed by atoms with van der Waals surface area (Å²) in [6.45, 7) is 8.51. The molecule has 1 aromatic rings. The number of hydrogen-bond acceptors (Lipinski definition) is 0. The largest absolute Gasteiger partial charge is 0.101 e. The fraction of sp³-hybridized carbons (Fsp3) is 0.385. The van der Waals surface area contributed by atoms with Gasteiger partial charge in [-0.05, 0) is 30.0 Å². The number of rotatable bonds is 0. The SMILES string of the molecule is CC#Cc1ccc(C(C)(C)C)cc1. The topological polar surface area (TPSA) is 0 Å². The van der Waals surface area contributed by atoms with E-state index in [1.54, 1.807) is 0 Å². The van der Waals surface area contributed by atoms with Gasteiger partial charge in [0, 0.05) is 5.56 Å². The monoisotopic (exact) mass is 172 g/mol. The highest BCUT2D eigenvalue weighted by molar-refractivity contribution is 5.37. The van der Waals surface area contributed by atoms with Crippen molar-refractivity contribution in [2.75, 3.05) is 0 Å². The zero-order valence-corrected chi connectivity index (χ0v) is 8.81. The van der Waals surface area contributed by atoms with Crippen molar-refractivity contribution in [2.45, 2.75) is 33.1 Å². The minimum absolute atomic E-state index is 0.234. The van der Waals surface area contributed by atoms with Gasteiger partial charge in [-0.15, -0.1) is 5.92 Å². The molecule has 0 unspecified atom stereocenters. The van der Waals surface area contributed by atoms with Crippen molar-refractivity contribution in [2.24, 2.45) is 0 Å². The third-order valence-electron chi connectivity index (χ3n) is 2.02. The first-order chi connectivity index (χ1) is 6.04. The molecule has 0 N–H and O–H groups in total. The van der Waals surface area contributed by atoms with Crippen LogP contribution in [-0.4, -0.2) is 0 Å². The van der Waals surface area contributed by atoms with Gasteiger partial charge in [-0.1, -0.05) is 38.8 Å². The van der Waals surface area contributed by atoms with Crippen LogP contribution in [0.1, 0.15) is 38.8 Å². The van der Waals surface area contributed by atoms with E-state index in [0.717, 1.165) is 5.56 Å². The maximum Gasteiger partial charge on any atom is 0.0245 e. The Balaban J connectivity index is 2.98. The molecular weight excluding hydrogens is 156 g/mol. The second kappa shape index (κ2) is 3.66. The van der Waals surface area contributed by atoms with Gasteiger partial charge in [0.05, 0.1) is 0 Å². The van der Waals surface area contributed by atoms with Gasteiger partial charge in [-0.2, -0.15) is 0 Å². The molecule has 0 radical (unpaired) electrons. The number of hydrogen-bond donors (Lipinski definition) is 0. The minimum atomic E-state index is 0.234. The van der Waals surface area contributed by atoms with Crippen LogP contribution in [0.3, 0.4) is 0 Å². The Kier molecular flexibility index (Phi) is 2.78. The lowest BCUT2D eigenvalue weighted by atomic mass is 9.87. The molecule has 0 fully saturated rings. The van der Waals surface area contributed by atoms with Crippen molar-refractivity contribution < 1.29 is 0 Å². The summed E-state index contributed by atoms with van der Waals surface area (Å²) in [5, 5.41) is 0. The Hall–Kier alpha value is -1.22. The third-order valence-corrected chi connectivity index (χ3v) is 2.02. The molecular formula is C13H16. The first-order valence-electron chi connectivity index (χ1n) is 4.57. The van der Waals surface area contributed by atoms with Crippen molar-refractivity contribution in [3.05, 3.63) is 35.4 Å². The molecule has 0 aromatic heterocycles. The lowest BCUT2D eigenvalue weighted by Gasteiger charge is -2.18. The highest BCUT2D eigenvalue weighted by Gasteiger charge is 2.12. The van der Waals surface area contributed by atoms with Gasteiger partial charge >= 0.3 is 0 Å². The van der Waals surface area contributed by atoms with E-state index >= 15 is 0 Å². The van der Waals surface area contributed by atoms with Gasteiger partial charge in [0.15, 0.2) is 0 Å². The van der Waals surface area contributed by atoms with Crippen LogP contribution in [0.2, 0.25) is 0 Å². The molecule has 0 heterocycles. The number of benzene rings is 1. The lowest BCUT2D eigenvalue weighted by molar-refractivity contribution is 0.590. The standard InChI is InChI=1S/C13H16/c1-5-6-11-7-9-12(10-8-11)13(2,3)4/h7-10H,1-4H3. The van der Waals surface area contributed by atoms with E-state index in [1.165, 1.54) is 5.56 Å². The first-order valence-corrected chi connectivity index (χ1v) is 4.57. The van der Waals surface area contributed by atoms with Gasteiger partial charge < -0.3 is 0 Å². The van der Waals surface area contributed by atoms with Crippen LogP contribution >= 0.6 is 0 Å². The predicted molar refractivity (Wildman–Crippen MR) is 57.7 cm³/mol. The first kappa shape index (κ1) is 9.86. The summed E-state index contributed by atoms with van der Waals surface area (Å²) in [4.78, 5) is 0. The van der Waals surface area contributed by atoms with E-state index in [4.69, 9.17) is 0 Å². The molecule has 0 nitrogen and oxygen atoms in total. The Bertz CT molecular complexity index is 325. The molecule has 0 heteroatoms. The summed E-state index contributed by atoms with van der Waals surface area (Å²) in [6.07, 6.45) is 0. The van der Waals surface area contributed by atoms with Crippen molar-refractivity contribution in [3.63, 3.8) is 0 Å². The van der Waals surface area contributed by atoms with Gasteiger partial charge in [0.25, 0.3) is 0 Å². The van der Waals surface area contributed by atoms with Crippen LogP contribution in [0.15, 0.2) is 24.3 Å². The highest BCUT2D eigenvalue weighted by Crippen LogP contribution is 2.21. The van der Waals surface area contributed by atoms with E-state index in [0.29, 0.717) is 0 Å². The highest BCUT2D eigenvalue weighted by atomic mass is 14.2. The van der Waals surface area contributed by atoms with Crippen molar-refractivity contribution in [3.8, 4) is 11.8 Å². The predicted octanol–water partition coefficient (Wildman–Crippen LogP) is 3.36. The van der Waals surface area contributed by atoms with Crippen LogP contribution in [0.4, 0.5) is 0 Å². The lowest BCUT2D eigenvalue weighted by Crippen LogP contribution is -2.10. The van der Waals surface area contributed by atoms with Crippen LogP contribution in [-0.2, 0) is 5.41 Å². The summed E-state index contributed by atoms with van der Waals surface area (Å²) < 4.78 is 0. The van der Waals surface area contributed by atoms with E-state index in [1.807, 2.05) is 6.92 Å². The Labute approximate surface area is 81.0 Å². The minimum Gasteiger partial charge on any atom is -0.101 e. The molecule has 0 amide bonds. The molecule has 1 aromatic carbocycles. The average Bonchev–Trinajstić information content (AvgIpc) is 2.04. The molecule has 1 rings (SSSR count). The fourth-order valence-corrected chi connectivity index (χ4v) is 1.20. The molecule has 0 saturated heterocycles. The van der Waals surface area contributed by atoms with Crippen molar-refractivity contribution in [1.82, 2.24) is 0 Å². The van der Waals surface area contributed by atoms with E-state index in [9.17, 15) is 0 Å². The van der Waals surface area contributed by atoms with Gasteiger partial charge in [0.1, 0.15) is 0 Å². The maximum absolute atomic E-state index is 3.04. The van der Waals surface area contributed by atoms with Crippen LogP contribution in [0, 0.1) is 11.8 Å². The molecule has 68 valence electrons. The quantitative estimate of drug-likeness (QED) is 0.526. The summed E-state index contributed by atoms with van der Waals surface area (Å²) in [6, 6.07) is 8.47.